The third-order valence-electron chi connectivity index (χ3n) is 5.93. The van der Waals surface area contributed by atoms with Crippen molar-refractivity contribution in [3.05, 3.63) is 40.9 Å². The first kappa shape index (κ1) is 26.6. The number of aromatic nitrogens is 1. The molecule has 3 aromatic rings. The molecule has 196 valence electrons. The van der Waals surface area contributed by atoms with E-state index in [0.717, 1.165) is 43.2 Å². The van der Waals surface area contributed by atoms with Gasteiger partial charge in [-0.15, -0.1) is 11.3 Å². The van der Waals surface area contributed by atoms with Crippen LogP contribution in [0.2, 0.25) is 0 Å². The maximum absolute atomic E-state index is 12.1. The fraction of sp³-hybridized carbons (Fsp3) is 0.385. The van der Waals surface area contributed by atoms with Gasteiger partial charge in [0.05, 0.1) is 11.4 Å². The molecule has 0 atom stereocenters. The topological polar surface area (TPSA) is 107 Å². The number of fused-ring (bicyclic) bond motifs is 1. The van der Waals surface area contributed by atoms with Crippen LogP contribution in [0.15, 0.2) is 36.0 Å². The third-order valence-corrected chi connectivity index (χ3v) is 7.99. The fourth-order valence-electron chi connectivity index (χ4n) is 3.98. The number of urea groups is 1. The molecular formula is C26H32N6O3S2. The summed E-state index contributed by atoms with van der Waals surface area (Å²) >= 11 is 2.90. The van der Waals surface area contributed by atoms with E-state index in [4.69, 9.17) is 0 Å². The molecule has 0 saturated carbocycles. The quantitative estimate of drug-likeness (QED) is 0.154. The van der Waals surface area contributed by atoms with E-state index in [-0.39, 0.29) is 5.70 Å². The van der Waals surface area contributed by atoms with E-state index in [2.05, 4.69) is 63.9 Å². The highest BCUT2D eigenvalue weighted by atomic mass is 32.1. The number of carbonyl (C=O) groups is 3. The number of unbranched alkanes of at least 4 members (excludes halogenated alkanes) is 2. The lowest BCUT2D eigenvalue weighted by Crippen LogP contribution is -2.31. The molecule has 1 aliphatic heterocycles. The minimum Gasteiger partial charge on any atom is -0.372 e. The van der Waals surface area contributed by atoms with E-state index >= 15 is 0 Å². The number of benzene rings is 1. The van der Waals surface area contributed by atoms with Crippen LogP contribution in [0.3, 0.4) is 0 Å². The van der Waals surface area contributed by atoms with Gasteiger partial charge in [-0.25, -0.2) is 14.7 Å². The molecule has 0 radical (unpaired) electrons. The molecule has 0 spiro atoms. The van der Waals surface area contributed by atoms with Gasteiger partial charge in [0.15, 0.2) is 5.13 Å². The van der Waals surface area contributed by atoms with Crippen molar-refractivity contribution < 1.29 is 14.4 Å². The highest BCUT2D eigenvalue weighted by Crippen LogP contribution is 2.34. The van der Waals surface area contributed by atoms with Crippen molar-refractivity contribution >= 4 is 72.6 Å². The molecule has 2 aromatic heterocycles. The number of nitrogens with one attached hydrogen (secondary N) is 3. The van der Waals surface area contributed by atoms with Crippen LogP contribution >= 0.6 is 22.7 Å². The van der Waals surface area contributed by atoms with Crippen LogP contribution in [0.1, 0.15) is 51.3 Å². The summed E-state index contributed by atoms with van der Waals surface area (Å²) in [6.07, 6.45) is 6.33. The van der Waals surface area contributed by atoms with E-state index < -0.39 is 17.8 Å². The molecule has 4 rings (SSSR count). The maximum Gasteiger partial charge on any atom is 0.335 e. The lowest BCUT2D eigenvalue weighted by Gasteiger charge is -2.25. The van der Waals surface area contributed by atoms with E-state index in [1.165, 1.54) is 61.0 Å². The highest BCUT2D eigenvalue weighted by Gasteiger charge is 2.36. The van der Waals surface area contributed by atoms with Crippen molar-refractivity contribution in [3.8, 4) is 0 Å². The summed E-state index contributed by atoms with van der Waals surface area (Å²) < 4.78 is 0.960. The Morgan fingerprint density at radius 1 is 1.08 bits per heavy atom. The number of thiazole rings is 1. The standard InChI is InChI=1S/C26H32N6O3S2/c1-4-6-12-31(13-7-5-2)19-10-8-18(9-11-19)27-16-28-25-30-24-22(37-25)15-20(36-24)14-21-23(34)29-26(35)32(21)17(3)33/h8-11,14-15,27H,4-7,12-13,16H2,1-3H3,(H,28,30)(H,29,34,35)/b21-14+. The van der Waals surface area contributed by atoms with Crippen molar-refractivity contribution in [2.75, 3.05) is 35.3 Å². The second-order valence-electron chi connectivity index (χ2n) is 8.75. The van der Waals surface area contributed by atoms with Crippen LogP contribution in [-0.2, 0) is 9.59 Å². The third kappa shape index (κ3) is 6.47. The summed E-state index contributed by atoms with van der Waals surface area (Å²) in [6, 6.07) is 9.74. The molecule has 4 amide bonds. The average molecular weight is 541 g/mol. The van der Waals surface area contributed by atoms with Gasteiger partial charge in [-0.3, -0.25) is 14.9 Å². The van der Waals surface area contributed by atoms with Crippen LogP contribution < -0.4 is 20.9 Å². The summed E-state index contributed by atoms with van der Waals surface area (Å²) in [4.78, 5) is 45.1. The number of amides is 4. The Morgan fingerprint density at radius 2 is 1.78 bits per heavy atom. The van der Waals surface area contributed by atoms with Gasteiger partial charge in [-0.2, -0.15) is 0 Å². The van der Waals surface area contributed by atoms with E-state index in [9.17, 15) is 14.4 Å². The predicted molar refractivity (Wildman–Crippen MR) is 152 cm³/mol. The zero-order chi connectivity index (χ0) is 26.4. The molecule has 0 unspecified atom stereocenters. The van der Waals surface area contributed by atoms with E-state index in [0.29, 0.717) is 6.67 Å². The highest BCUT2D eigenvalue weighted by molar-refractivity contribution is 7.29. The molecule has 0 aliphatic carbocycles. The number of nitrogens with zero attached hydrogens (tertiary/aromatic N) is 3. The average Bonchev–Trinajstić information content (AvgIpc) is 3.50. The van der Waals surface area contributed by atoms with Crippen LogP contribution in [0.4, 0.5) is 21.3 Å². The molecule has 11 heteroatoms. The zero-order valence-electron chi connectivity index (χ0n) is 21.3. The van der Waals surface area contributed by atoms with Gasteiger partial charge in [-0.1, -0.05) is 38.0 Å². The number of hydrogen-bond acceptors (Lipinski definition) is 9. The monoisotopic (exact) mass is 540 g/mol. The van der Waals surface area contributed by atoms with Gasteiger partial charge >= 0.3 is 6.03 Å². The molecule has 3 N–H and O–H groups in total. The van der Waals surface area contributed by atoms with E-state index in [1.807, 2.05) is 6.07 Å². The number of rotatable bonds is 12. The molecule has 37 heavy (non-hydrogen) atoms. The summed E-state index contributed by atoms with van der Waals surface area (Å²) in [5, 5.41) is 9.62. The first-order chi connectivity index (χ1) is 17.9. The zero-order valence-corrected chi connectivity index (χ0v) is 22.9. The summed E-state index contributed by atoms with van der Waals surface area (Å²) in [5.41, 5.74) is 2.32. The van der Waals surface area contributed by atoms with Gasteiger partial charge in [0, 0.05) is 36.3 Å². The second-order valence-corrected chi connectivity index (χ2v) is 10.8. The van der Waals surface area contributed by atoms with Gasteiger partial charge in [-0.05, 0) is 49.2 Å². The van der Waals surface area contributed by atoms with Crippen molar-refractivity contribution in [1.82, 2.24) is 15.2 Å². The van der Waals surface area contributed by atoms with Gasteiger partial charge in [0.25, 0.3) is 5.91 Å². The minimum absolute atomic E-state index is 0.0267. The molecule has 1 saturated heterocycles. The lowest BCUT2D eigenvalue weighted by atomic mass is 10.2. The predicted octanol–water partition coefficient (Wildman–Crippen LogP) is 5.69. The summed E-state index contributed by atoms with van der Waals surface area (Å²) in [7, 11) is 0. The van der Waals surface area contributed by atoms with Gasteiger partial charge in [0.2, 0.25) is 5.91 Å². The van der Waals surface area contributed by atoms with Crippen LogP contribution in [0.5, 0.6) is 0 Å². The lowest BCUT2D eigenvalue weighted by molar-refractivity contribution is -0.125. The van der Waals surface area contributed by atoms with Crippen LogP contribution in [0.25, 0.3) is 15.6 Å². The molecule has 1 aromatic carbocycles. The SMILES string of the molecule is CCCCN(CCCC)c1ccc(NCNc2nc3sc(/C=C4\C(=O)NC(=O)N4C(C)=O)cc3s2)cc1. The van der Waals surface area contributed by atoms with Crippen molar-refractivity contribution in [1.29, 1.82) is 0 Å². The Balaban J connectivity index is 1.34. The van der Waals surface area contributed by atoms with Gasteiger partial charge < -0.3 is 15.5 Å². The first-order valence-corrected chi connectivity index (χ1v) is 14.1. The Labute approximate surface area is 224 Å². The summed E-state index contributed by atoms with van der Waals surface area (Å²) in [6.45, 7) is 8.40. The number of anilines is 3. The van der Waals surface area contributed by atoms with E-state index in [1.54, 1.807) is 6.08 Å². The molecule has 9 nitrogen and oxygen atoms in total. The molecule has 3 heterocycles. The number of thiophene rings is 1. The second kappa shape index (κ2) is 12.2. The molecule has 1 fully saturated rings. The fourth-order valence-corrected chi connectivity index (χ4v) is 6.04. The Kier molecular flexibility index (Phi) is 8.78. The minimum atomic E-state index is -0.723. The van der Waals surface area contributed by atoms with Crippen molar-refractivity contribution in [2.45, 2.75) is 46.5 Å². The first-order valence-electron chi connectivity index (χ1n) is 12.5. The molecule has 0 bridgehead atoms. The molecule has 1 aliphatic rings. The Hall–Kier alpha value is -3.44. The Morgan fingerprint density at radius 3 is 2.41 bits per heavy atom. The largest absolute Gasteiger partial charge is 0.372 e. The van der Waals surface area contributed by atoms with Gasteiger partial charge in [0.1, 0.15) is 10.5 Å². The number of hydrogen-bond donors (Lipinski definition) is 3. The summed E-state index contributed by atoms with van der Waals surface area (Å²) in [5.74, 6) is -1.09. The smallest absolute Gasteiger partial charge is 0.335 e. The maximum atomic E-state index is 12.1. The molecular weight excluding hydrogens is 508 g/mol. The van der Waals surface area contributed by atoms with Crippen LogP contribution in [-0.4, -0.2) is 47.5 Å². The normalized spacial score (nSPS) is 14.5. The number of carbonyl (C=O) groups excluding carboxylic acids is 3. The Bertz CT molecular complexity index is 1260. The number of imide groups is 2. The van der Waals surface area contributed by atoms with Crippen molar-refractivity contribution in [3.63, 3.8) is 0 Å². The van der Waals surface area contributed by atoms with Crippen molar-refractivity contribution in [2.24, 2.45) is 0 Å². The van der Waals surface area contributed by atoms with Crippen LogP contribution in [0, 0.1) is 0 Å².